The molecule has 0 unspecified atom stereocenters. The number of hydrogen-bond donors (Lipinski definition) is 0. The summed E-state index contributed by atoms with van der Waals surface area (Å²) in [6, 6.07) is 20.0. The Morgan fingerprint density at radius 3 is 1.88 bits per heavy atom. The molecule has 0 bridgehead atoms. The van der Waals surface area contributed by atoms with Crippen LogP contribution < -0.4 is 0 Å². The van der Waals surface area contributed by atoms with Crippen molar-refractivity contribution in [2.45, 2.75) is 62.7 Å². The second-order valence-corrected chi connectivity index (χ2v) is 11.8. The van der Waals surface area contributed by atoms with Crippen LogP contribution in [0.2, 0.25) is 0 Å². The molecule has 0 amide bonds. The number of thioether (sulfide) groups is 2. The van der Waals surface area contributed by atoms with Crippen LogP contribution in [0.3, 0.4) is 0 Å². The Morgan fingerprint density at radius 1 is 0.680 bits per heavy atom. The van der Waals surface area contributed by atoms with Crippen molar-refractivity contribution >= 4 is 23.5 Å². The Kier molecular flexibility index (Phi) is 7.51. The van der Waals surface area contributed by atoms with E-state index in [0.29, 0.717) is 4.75 Å². The number of rotatable bonds is 8. The lowest BCUT2D eigenvalue weighted by atomic mass is 10.0. The summed E-state index contributed by atoms with van der Waals surface area (Å²) < 4.78 is 0.604. The first-order valence-corrected chi connectivity index (χ1v) is 11.1. The maximum absolute atomic E-state index is 2.37. The molecule has 0 spiro atoms. The molecule has 25 heavy (non-hydrogen) atoms. The third-order valence-electron chi connectivity index (χ3n) is 4.05. The first-order valence-electron chi connectivity index (χ1n) is 9.13. The molecule has 0 aliphatic heterocycles. The van der Waals surface area contributed by atoms with Gasteiger partial charge in [-0.15, -0.1) is 0 Å². The molecule has 2 aromatic carbocycles. The summed E-state index contributed by atoms with van der Waals surface area (Å²) in [7, 11) is 0. The first-order chi connectivity index (χ1) is 11.7. The first kappa shape index (κ1) is 20.5. The topological polar surface area (TPSA) is 0 Å². The number of aryl methyl sites for hydroxylation is 1. The van der Waals surface area contributed by atoms with E-state index in [1.807, 2.05) is 11.8 Å². The van der Waals surface area contributed by atoms with Crippen molar-refractivity contribution in [1.29, 1.82) is 0 Å². The molecule has 0 saturated heterocycles. The lowest BCUT2D eigenvalue weighted by Crippen LogP contribution is -2.19. The SMILES string of the molecule is CC(C)(C)SCc1ccc(CC(C)(C)SCCc2ccccc2)cc1. The highest BCUT2D eigenvalue weighted by Gasteiger charge is 2.19. The monoisotopic (exact) mass is 372 g/mol. The molecule has 2 aromatic rings. The highest BCUT2D eigenvalue weighted by atomic mass is 32.2. The fourth-order valence-electron chi connectivity index (χ4n) is 2.69. The highest BCUT2D eigenvalue weighted by molar-refractivity contribution is 8.00. The van der Waals surface area contributed by atoms with Crippen LogP contribution in [0.25, 0.3) is 0 Å². The predicted octanol–water partition coefficient (Wildman–Crippen LogP) is 7.02. The Labute approximate surface area is 163 Å². The summed E-state index contributed by atoms with van der Waals surface area (Å²) in [5.74, 6) is 2.27. The van der Waals surface area contributed by atoms with Gasteiger partial charge in [0.15, 0.2) is 0 Å². The van der Waals surface area contributed by atoms with Crippen LogP contribution in [0.1, 0.15) is 51.3 Å². The van der Waals surface area contributed by atoms with E-state index in [1.54, 1.807) is 0 Å². The smallest absolute Gasteiger partial charge is 0.0189 e. The average molecular weight is 373 g/mol. The van der Waals surface area contributed by atoms with Crippen LogP contribution in [-0.2, 0) is 18.6 Å². The van der Waals surface area contributed by atoms with Crippen molar-refractivity contribution in [3.63, 3.8) is 0 Å². The molecule has 0 N–H and O–H groups in total. The Hall–Kier alpha value is -0.860. The fourth-order valence-corrected chi connectivity index (χ4v) is 4.64. The summed E-state index contributed by atoms with van der Waals surface area (Å²) in [6.45, 7) is 11.6. The second-order valence-electron chi connectivity index (χ2n) is 8.24. The summed E-state index contributed by atoms with van der Waals surface area (Å²) in [5, 5.41) is 0. The van der Waals surface area contributed by atoms with E-state index in [9.17, 15) is 0 Å². The minimum atomic E-state index is 0.274. The molecule has 2 rings (SSSR count). The van der Waals surface area contributed by atoms with Gasteiger partial charge in [0.05, 0.1) is 0 Å². The summed E-state index contributed by atoms with van der Waals surface area (Å²) in [6.07, 6.45) is 2.27. The van der Waals surface area contributed by atoms with Crippen LogP contribution in [0.4, 0.5) is 0 Å². The summed E-state index contributed by atoms with van der Waals surface area (Å²) >= 11 is 4.09. The van der Waals surface area contributed by atoms with Gasteiger partial charge in [-0.05, 0) is 35.3 Å². The minimum absolute atomic E-state index is 0.274. The Bertz CT molecular complexity index is 621. The van der Waals surface area contributed by atoms with Crippen molar-refractivity contribution in [3.05, 3.63) is 71.3 Å². The third-order valence-corrected chi connectivity index (χ3v) is 6.73. The molecule has 2 heteroatoms. The maximum atomic E-state index is 2.37. The maximum Gasteiger partial charge on any atom is 0.0189 e. The van der Waals surface area contributed by atoms with E-state index in [4.69, 9.17) is 0 Å². The van der Waals surface area contributed by atoms with Crippen LogP contribution in [-0.4, -0.2) is 15.2 Å². The predicted molar refractivity (Wildman–Crippen MR) is 118 cm³/mol. The largest absolute Gasteiger partial charge is 0.155 e. The van der Waals surface area contributed by atoms with Gasteiger partial charge in [-0.2, -0.15) is 23.5 Å². The normalized spacial score (nSPS) is 12.4. The molecule has 136 valence electrons. The lowest BCUT2D eigenvalue weighted by Gasteiger charge is -2.24. The summed E-state index contributed by atoms with van der Waals surface area (Å²) in [5.41, 5.74) is 4.31. The van der Waals surface area contributed by atoms with E-state index in [0.717, 1.165) is 18.6 Å². The molecule has 0 aliphatic carbocycles. The van der Waals surface area contributed by atoms with Gasteiger partial charge in [0, 0.05) is 15.2 Å². The summed E-state index contributed by atoms with van der Waals surface area (Å²) in [4.78, 5) is 0. The molecule has 0 atom stereocenters. The van der Waals surface area contributed by atoms with Crippen LogP contribution >= 0.6 is 23.5 Å². The Balaban J connectivity index is 1.81. The van der Waals surface area contributed by atoms with E-state index in [-0.39, 0.29) is 4.75 Å². The average Bonchev–Trinajstić information content (AvgIpc) is 2.54. The van der Waals surface area contributed by atoms with Gasteiger partial charge in [0.25, 0.3) is 0 Å². The lowest BCUT2D eigenvalue weighted by molar-refractivity contribution is 0.707. The van der Waals surface area contributed by atoms with Gasteiger partial charge in [-0.25, -0.2) is 0 Å². The second kappa shape index (κ2) is 9.19. The van der Waals surface area contributed by atoms with Crippen LogP contribution in [0, 0.1) is 0 Å². The molecule has 0 fully saturated rings. The molecule has 0 heterocycles. The molecule has 0 radical (unpaired) electrons. The van der Waals surface area contributed by atoms with Gasteiger partial charge in [0.2, 0.25) is 0 Å². The van der Waals surface area contributed by atoms with E-state index < -0.39 is 0 Å². The zero-order chi connectivity index (χ0) is 18.3. The number of hydrogen-bond acceptors (Lipinski definition) is 2. The van der Waals surface area contributed by atoms with Crippen molar-refractivity contribution in [3.8, 4) is 0 Å². The van der Waals surface area contributed by atoms with E-state index in [1.165, 1.54) is 22.4 Å². The zero-order valence-electron chi connectivity index (χ0n) is 16.3. The van der Waals surface area contributed by atoms with Crippen LogP contribution in [0.5, 0.6) is 0 Å². The molecule has 0 aliphatic rings. The zero-order valence-corrected chi connectivity index (χ0v) is 18.0. The molecule has 0 nitrogen and oxygen atoms in total. The quantitative estimate of drug-likeness (QED) is 0.488. The third kappa shape index (κ3) is 8.37. The molecular formula is C23H32S2. The van der Waals surface area contributed by atoms with E-state index in [2.05, 4.69) is 101 Å². The van der Waals surface area contributed by atoms with Crippen molar-refractivity contribution in [1.82, 2.24) is 0 Å². The van der Waals surface area contributed by atoms with Crippen molar-refractivity contribution in [2.75, 3.05) is 5.75 Å². The fraction of sp³-hybridized carbons (Fsp3) is 0.478. The molecular weight excluding hydrogens is 340 g/mol. The van der Waals surface area contributed by atoms with Crippen LogP contribution in [0.15, 0.2) is 54.6 Å². The highest BCUT2D eigenvalue weighted by Crippen LogP contribution is 2.30. The van der Waals surface area contributed by atoms with Gasteiger partial charge in [-0.3, -0.25) is 0 Å². The van der Waals surface area contributed by atoms with Gasteiger partial charge < -0.3 is 0 Å². The molecule has 0 saturated carbocycles. The van der Waals surface area contributed by atoms with E-state index >= 15 is 0 Å². The van der Waals surface area contributed by atoms with Crippen molar-refractivity contribution < 1.29 is 0 Å². The Morgan fingerprint density at radius 2 is 1.28 bits per heavy atom. The van der Waals surface area contributed by atoms with Crippen molar-refractivity contribution in [2.24, 2.45) is 0 Å². The van der Waals surface area contributed by atoms with Gasteiger partial charge >= 0.3 is 0 Å². The van der Waals surface area contributed by atoms with Gasteiger partial charge in [-0.1, -0.05) is 89.2 Å². The van der Waals surface area contributed by atoms with Gasteiger partial charge in [0.1, 0.15) is 0 Å². The molecule has 0 aromatic heterocycles. The standard InChI is InChI=1S/C23H32S2/c1-22(2,3)25-18-21-13-11-20(12-14-21)17-23(4,5)24-16-15-19-9-7-6-8-10-19/h6-14H,15-18H2,1-5H3. The minimum Gasteiger partial charge on any atom is -0.155 e. The number of benzene rings is 2.